The highest BCUT2D eigenvalue weighted by Gasteiger charge is 2.30. The number of nitrogens with zero attached hydrogens (tertiary/aromatic N) is 4. The van der Waals surface area contributed by atoms with Gasteiger partial charge in [-0.05, 0) is 13.3 Å². The molecule has 1 aliphatic rings. The number of hydrogen-bond acceptors (Lipinski definition) is 7. The number of aromatic nitrogens is 2. The van der Waals surface area contributed by atoms with E-state index in [0.717, 1.165) is 0 Å². The summed E-state index contributed by atoms with van der Waals surface area (Å²) in [5, 5.41) is 10.2. The van der Waals surface area contributed by atoms with Crippen molar-refractivity contribution in [3.05, 3.63) is 12.0 Å². The Labute approximate surface area is 183 Å². The second-order valence-electron chi connectivity index (χ2n) is 6.85. The maximum absolute atomic E-state index is 12.1. The number of aliphatic imine (C=N–C) groups is 1. The highest BCUT2D eigenvalue weighted by molar-refractivity contribution is 7.52. The van der Waals surface area contributed by atoms with Crippen molar-refractivity contribution >= 4 is 39.3 Å². The van der Waals surface area contributed by atoms with Gasteiger partial charge in [0.1, 0.15) is 0 Å². The first-order valence-electron chi connectivity index (χ1n) is 9.33. The molecule has 15 nitrogen and oxygen atoms in total. The van der Waals surface area contributed by atoms with Crippen molar-refractivity contribution < 1.29 is 43.4 Å². The Morgan fingerprint density at radius 2 is 1.94 bits per heavy atom. The van der Waals surface area contributed by atoms with Crippen molar-refractivity contribution in [1.29, 1.82) is 0 Å². The zero-order valence-electron chi connectivity index (χ0n) is 17.3. The standard InChI is InChI=1S/C13H21N6O5P.C2H7O4P/c1-9-12(17-13(14)16-8-20)19(7-15-9)10-2-4-18(6-10)11(21)3-5-25(22,23)24;3-1-2-7(4,5)6/h7-8,10H,2-6H2,1H3,(H2,22,23,24)(H3,14,16,17,20);3H,1-2H2,(H2,4,5,6). The quantitative estimate of drug-likeness (QED) is 0.0929. The summed E-state index contributed by atoms with van der Waals surface area (Å²) in [5.74, 6) is 0.128. The number of nitrogens with one attached hydrogen (secondary N) is 1. The van der Waals surface area contributed by atoms with Gasteiger partial charge in [0.05, 0.1) is 37.0 Å². The first-order valence-corrected chi connectivity index (χ1v) is 12.9. The molecule has 1 aliphatic heterocycles. The fraction of sp³-hybridized carbons (Fsp3) is 0.600. The third-order valence-corrected chi connectivity index (χ3v) is 5.88. The van der Waals surface area contributed by atoms with Crippen LogP contribution >= 0.6 is 15.2 Å². The molecular weight excluding hydrogens is 470 g/mol. The molecule has 1 unspecified atom stereocenters. The molecular formula is C15H28N6O9P2. The minimum atomic E-state index is -4.19. The van der Waals surface area contributed by atoms with Crippen LogP contribution in [-0.4, -0.2) is 89.4 Å². The lowest BCUT2D eigenvalue weighted by Gasteiger charge is -2.18. The fourth-order valence-electron chi connectivity index (χ4n) is 2.79. The average molecular weight is 498 g/mol. The summed E-state index contributed by atoms with van der Waals surface area (Å²) in [6.45, 7) is 2.16. The smallest absolute Gasteiger partial charge is 0.327 e. The van der Waals surface area contributed by atoms with Gasteiger partial charge in [0, 0.05) is 19.5 Å². The van der Waals surface area contributed by atoms with E-state index in [9.17, 15) is 18.7 Å². The Hall–Kier alpha value is -2.12. The number of imidazole rings is 1. The minimum absolute atomic E-state index is 0.0626. The molecule has 8 N–H and O–H groups in total. The van der Waals surface area contributed by atoms with Crippen LogP contribution in [-0.2, 0) is 18.7 Å². The number of aliphatic hydroxyl groups excluding tert-OH is 1. The van der Waals surface area contributed by atoms with Crippen molar-refractivity contribution in [2.24, 2.45) is 10.7 Å². The van der Waals surface area contributed by atoms with Crippen LogP contribution in [0.25, 0.3) is 0 Å². The Morgan fingerprint density at radius 3 is 2.44 bits per heavy atom. The van der Waals surface area contributed by atoms with Gasteiger partial charge in [0.2, 0.25) is 18.3 Å². The molecule has 2 amide bonds. The summed E-state index contributed by atoms with van der Waals surface area (Å²) >= 11 is 0. The first-order chi connectivity index (χ1) is 14.8. The Balaban J connectivity index is 0.000000633. The van der Waals surface area contributed by atoms with E-state index in [-0.39, 0.29) is 24.3 Å². The number of amides is 2. The molecule has 0 aromatic carbocycles. The molecule has 0 saturated carbocycles. The van der Waals surface area contributed by atoms with Gasteiger partial charge in [-0.25, -0.2) is 4.98 Å². The number of likely N-dealkylation sites (tertiary alicyclic amines) is 1. The van der Waals surface area contributed by atoms with Crippen molar-refractivity contribution in [3.8, 4) is 0 Å². The number of aryl methyl sites for hydroxylation is 1. The Kier molecular flexibility index (Phi) is 10.6. The van der Waals surface area contributed by atoms with E-state index in [2.05, 4.69) is 15.3 Å². The van der Waals surface area contributed by atoms with E-state index in [1.807, 2.05) is 0 Å². The number of nitrogens with two attached hydrogens (primary N) is 1. The largest absolute Gasteiger partial charge is 0.396 e. The highest BCUT2D eigenvalue weighted by atomic mass is 31.2. The third-order valence-electron chi connectivity index (χ3n) is 4.29. The molecule has 182 valence electrons. The lowest BCUT2D eigenvalue weighted by atomic mass is 10.2. The van der Waals surface area contributed by atoms with E-state index >= 15 is 0 Å². The molecule has 1 fully saturated rings. The van der Waals surface area contributed by atoms with Crippen molar-refractivity contribution in [1.82, 2.24) is 19.8 Å². The molecule has 0 bridgehead atoms. The van der Waals surface area contributed by atoms with Gasteiger partial charge >= 0.3 is 15.2 Å². The number of hydrogen-bond donors (Lipinski definition) is 7. The molecule has 1 aromatic heterocycles. The van der Waals surface area contributed by atoms with E-state index < -0.39 is 34.1 Å². The predicted octanol–water partition coefficient (Wildman–Crippen LogP) is -1.62. The molecule has 17 heteroatoms. The van der Waals surface area contributed by atoms with Crippen LogP contribution < -0.4 is 11.1 Å². The third kappa shape index (κ3) is 10.0. The minimum Gasteiger partial charge on any atom is -0.396 e. The first kappa shape index (κ1) is 27.9. The molecule has 1 saturated heterocycles. The van der Waals surface area contributed by atoms with E-state index in [1.165, 1.54) is 0 Å². The summed E-state index contributed by atoms with van der Waals surface area (Å²) in [7, 11) is -8.11. The summed E-state index contributed by atoms with van der Waals surface area (Å²) < 4.78 is 22.4. The SMILES string of the molecule is Cc1ncn(C2CCN(C(=O)CCP(=O)(O)O)C2)c1/N=C(/N)NC=O.O=P(O)(O)CCO. The zero-order chi connectivity index (χ0) is 24.5. The lowest BCUT2D eigenvalue weighted by molar-refractivity contribution is -0.129. The molecule has 2 rings (SSSR count). The number of aliphatic hydroxyl groups is 1. The molecule has 1 aromatic rings. The van der Waals surface area contributed by atoms with Gasteiger partial charge in [0.25, 0.3) is 0 Å². The second kappa shape index (κ2) is 12.2. The van der Waals surface area contributed by atoms with Crippen LogP contribution in [0.15, 0.2) is 11.3 Å². The Morgan fingerprint density at radius 1 is 1.31 bits per heavy atom. The summed E-state index contributed by atoms with van der Waals surface area (Å²) in [6.07, 6.45) is 1.58. The van der Waals surface area contributed by atoms with Crippen molar-refractivity contribution in [2.45, 2.75) is 25.8 Å². The lowest BCUT2D eigenvalue weighted by Crippen LogP contribution is -2.30. The molecule has 1 atom stereocenters. The van der Waals surface area contributed by atoms with Crippen LogP contribution in [0.3, 0.4) is 0 Å². The fourth-order valence-corrected chi connectivity index (χ4v) is 3.53. The molecule has 2 heterocycles. The van der Waals surface area contributed by atoms with Gasteiger partial charge < -0.3 is 39.9 Å². The summed E-state index contributed by atoms with van der Waals surface area (Å²) in [5.41, 5.74) is 6.22. The number of carbonyl (C=O) groups is 2. The molecule has 32 heavy (non-hydrogen) atoms. The average Bonchev–Trinajstić information content (AvgIpc) is 3.26. The number of rotatable bonds is 8. The van der Waals surface area contributed by atoms with E-state index in [1.54, 1.807) is 22.7 Å². The van der Waals surface area contributed by atoms with Crippen LogP contribution in [0.4, 0.5) is 5.82 Å². The zero-order valence-corrected chi connectivity index (χ0v) is 19.1. The summed E-state index contributed by atoms with van der Waals surface area (Å²) in [4.78, 5) is 66.1. The maximum Gasteiger partial charge on any atom is 0.327 e. The van der Waals surface area contributed by atoms with Gasteiger partial charge in [-0.2, -0.15) is 4.99 Å². The van der Waals surface area contributed by atoms with Crippen LogP contribution in [0.5, 0.6) is 0 Å². The Bertz CT molecular complexity index is 909. The van der Waals surface area contributed by atoms with Crippen molar-refractivity contribution in [3.63, 3.8) is 0 Å². The normalized spacial score (nSPS) is 17.0. The second-order valence-corrected chi connectivity index (χ2v) is 10.4. The summed E-state index contributed by atoms with van der Waals surface area (Å²) in [6, 6.07) is -0.0806. The topological polar surface area (TPSA) is 241 Å². The number of carbonyl (C=O) groups excluding carboxylic acids is 2. The van der Waals surface area contributed by atoms with Gasteiger partial charge in [0.15, 0.2) is 5.82 Å². The van der Waals surface area contributed by atoms with E-state index in [0.29, 0.717) is 37.4 Å². The molecule has 0 aliphatic carbocycles. The van der Waals surface area contributed by atoms with Gasteiger partial charge in [-0.1, -0.05) is 0 Å². The van der Waals surface area contributed by atoms with Crippen LogP contribution in [0.1, 0.15) is 24.6 Å². The number of guanidine groups is 1. The van der Waals surface area contributed by atoms with Crippen LogP contribution in [0.2, 0.25) is 0 Å². The predicted molar refractivity (Wildman–Crippen MR) is 113 cm³/mol. The maximum atomic E-state index is 12.1. The molecule has 0 spiro atoms. The van der Waals surface area contributed by atoms with Crippen LogP contribution in [0, 0.1) is 6.92 Å². The van der Waals surface area contributed by atoms with Gasteiger partial charge in [-0.15, -0.1) is 0 Å². The highest BCUT2D eigenvalue weighted by Crippen LogP contribution is 2.36. The van der Waals surface area contributed by atoms with Crippen molar-refractivity contribution in [2.75, 3.05) is 32.0 Å². The molecule has 0 radical (unpaired) electrons. The van der Waals surface area contributed by atoms with Gasteiger partial charge in [-0.3, -0.25) is 24.0 Å². The monoisotopic (exact) mass is 498 g/mol. The van der Waals surface area contributed by atoms with E-state index in [4.69, 9.17) is 30.4 Å².